The molecular weight excluding hydrogens is 372 g/mol. The molecule has 1 N–H and O–H groups in total. The van der Waals surface area contributed by atoms with Gasteiger partial charge in [0.1, 0.15) is 11.5 Å². The number of rotatable bonds is 5. The number of benzene rings is 1. The molecule has 2 aromatic heterocycles. The van der Waals surface area contributed by atoms with Gasteiger partial charge in [-0.15, -0.1) is 0 Å². The zero-order chi connectivity index (χ0) is 16.9. The van der Waals surface area contributed by atoms with Crippen LogP contribution >= 0.6 is 15.9 Å². The number of nitrogens with one attached hydrogen (secondary N) is 1. The fraction of sp³-hybridized carbons (Fsp3) is 0.118. The third kappa shape index (κ3) is 4.20. The number of hydrogen-bond donors (Lipinski definition) is 1. The second kappa shape index (κ2) is 7.27. The van der Waals surface area contributed by atoms with Crippen LogP contribution in [-0.4, -0.2) is 21.9 Å². The highest BCUT2D eigenvalue weighted by molar-refractivity contribution is 9.10. The fourth-order valence-corrected chi connectivity index (χ4v) is 2.57. The lowest BCUT2D eigenvalue weighted by Gasteiger charge is -2.02. The summed E-state index contributed by atoms with van der Waals surface area (Å²) in [4.78, 5) is 12.0. The summed E-state index contributed by atoms with van der Waals surface area (Å²) in [6.45, 7) is 2.43. The highest BCUT2D eigenvalue weighted by Gasteiger charge is 2.09. The molecule has 3 rings (SSSR count). The van der Waals surface area contributed by atoms with Crippen LogP contribution in [0, 0.1) is 6.92 Å². The summed E-state index contributed by atoms with van der Waals surface area (Å²) in [5, 5.41) is 8.12. The zero-order valence-corrected chi connectivity index (χ0v) is 14.5. The third-order valence-electron chi connectivity index (χ3n) is 3.23. The normalized spacial score (nSPS) is 11.1. The lowest BCUT2D eigenvalue weighted by molar-refractivity contribution is 0.0949. The first kappa shape index (κ1) is 16.2. The van der Waals surface area contributed by atoms with Crippen molar-refractivity contribution in [2.24, 2.45) is 5.10 Å². The minimum Gasteiger partial charge on any atom is -0.460 e. The van der Waals surface area contributed by atoms with Crippen LogP contribution in [0.2, 0.25) is 0 Å². The third-order valence-corrected chi connectivity index (χ3v) is 3.72. The molecule has 6 nitrogen and oxygen atoms in total. The number of nitrogens with zero attached hydrogens (tertiary/aromatic N) is 3. The Kier molecular flexibility index (Phi) is 4.90. The van der Waals surface area contributed by atoms with Crippen molar-refractivity contribution in [1.29, 1.82) is 0 Å². The number of carbonyl (C=O) groups excluding carboxylic acids is 1. The average molecular weight is 387 g/mol. The summed E-state index contributed by atoms with van der Waals surface area (Å²) in [6.07, 6.45) is 3.21. The predicted octanol–water partition coefficient (Wildman–Crippen LogP) is 3.36. The molecule has 0 aliphatic heterocycles. The number of hydrazone groups is 1. The molecule has 0 aliphatic carbocycles. The Morgan fingerprint density at radius 1 is 1.38 bits per heavy atom. The topological polar surface area (TPSA) is 72.4 Å². The van der Waals surface area contributed by atoms with Crippen LogP contribution in [0.4, 0.5) is 0 Å². The van der Waals surface area contributed by atoms with Crippen LogP contribution in [0.5, 0.6) is 0 Å². The number of hydrogen-bond acceptors (Lipinski definition) is 4. The van der Waals surface area contributed by atoms with Gasteiger partial charge in [0.2, 0.25) is 0 Å². The average Bonchev–Trinajstić information content (AvgIpc) is 3.16. The van der Waals surface area contributed by atoms with Crippen molar-refractivity contribution in [3.05, 3.63) is 75.9 Å². The Bertz CT molecular complexity index is 882. The van der Waals surface area contributed by atoms with Gasteiger partial charge in [-0.1, -0.05) is 28.1 Å². The molecule has 0 bridgehead atoms. The number of amides is 1. The second-order valence-corrected chi connectivity index (χ2v) is 6.09. The van der Waals surface area contributed by atoms with Gasteiger partial charge < -0.3 is 4.42 Å². The first-order chi connectivity index (χ1) is 11.6. The number of aryl methyl sites for hydroxylation is 1. The molecule has 0 radical (unpaired) electrons. The molecule has 122 valence electrons. The van der Waals surface area contributed by atoms with E-state index in [0.29, 0.717) is 18.0 Å². The van der Waals surface area contributed by atoms with Gasteiger partial charge in [0, 0.05) is 10.7 Å². The lowest BCUT2D eigenvalue weighted by Crippen LogP contribution is -2.18. The summed E-state index contributed by atoms with van der Waals surface area (Å²) >= 11 is 3.44. The maximum Gasteiger partial charge on any atom is 0.291 e. The van der Waals surface area contributed by atoms with Gasteiger partial charge in [0.15, 0.2) is 5.69 Å². The van der Waals surface area contributed by atoms with E-state index in [1.165, 1.54) is 6.21 Å². The molecule has 2 heterocycles. The summed E-state index contributed by atoms with van der Waals surface area (Å²) < 4.78 is 8.04. The van der Waals surface area contributed by atoms with E-state index in [2.05, 4.69) is 31.6 Å². The minimum absolute atomic E-state index is 0.303. The van der Waals surface area contributed by atoms with Crippen molar-refractivity contribution in [3.8, 4) is 0 Å². The predicted molar refractivity (Wildman–Crippen MR) is 94.0 cm³/mol. The molecule has 3 aromatic rings. The van der Waals surface area contributed by atoms with Gasteiger partial charge in [0.05, 0.1) is 12.8 Å². The standard InChI is InChI=1S/C17H15BrN4O2/c1-12-5-6-15(24-12)10-19-20-17(23)16-7-8-22(21-16)11-13-3-2-4-14(18)9-13/h2-10H,11H2,1H3,(H,20,23). The van der Waals surface area contributed by atoms with Gasteiger partial charge in [0.25, 0.3) is 5.91 Å². The van der Waals surface area contributed by atoms with Gasteiger partial charge in [-0.3, -0.25) is 9.48 Å². The van der Waals surface area contributed by atoms with E-state index in [1.807, 2.05) is 37.3 Å². The van der Waals surface area contributed by atoms with E-state index < -0.39 is 0 Å². The van der Waals surface area contributed by atoms with E-state index >= 15 is 0 Å². The minimum atomic E-state index is -0.373. The summed E-state index contributed by atoms with van der Waals surface area (Å²) in [6, 6.07) is 13.2. The number of aromatic nitrogens is 2. The Hall–Kier alpha value is -2.67. The molecular formula is C17H15BrN4O2. The highest BCUT2D eigenvalue weighted by Crippen LogP contribution is 2.12. The van der Waals surface area contributed by atoms with Gasteiger partial charge in [-0.2, -0.15) is 10.2 Å². The van der Waals surface area contributed by atoms with E-state index in [1.54, 1.807) is 23.0 Å². The van der Waals surface area contributed by atoms with Gasteiger partial charge in [-0.05, 0) is 42.8 Å². The summed E-state index contributed by atoms with van der Waals surface area (Å²) in [5.74, 6) is 0.990. The molecule has 0 unspecified atom stereocenters. The van der Waals surface area contributed by atoms with Crippen molar-refractivity contribution >= 4 is 28.1 Å². The number of furan rings is 1. The fourth-order valence-electron chi connectivity index (χ4n) is 2.13. The van der Waals surface area contributed by atoms with Crippen LogP contribution in [0.1, 0.15) is 27.6 Å². The van der Waals surface area contributed by atoms with Gasteiger partial charge in [-0.25, -0.2) is 5.43 Å². The Balaban J connectivity index is 1.60. The van der Waals surface area contributed by atoms with Gasteiger partial charge >= 0.3 is 0 Å². The van der Waals surface area contributed by atoms with E-state index in [9.17, 15) is 4.79 Å². The molecule has 1 amide bonds. The molecule has 0 saturated carbocycles. The first-order valence-electron chi connectivity index (χ1n) is 7.28. The zero-order valence-electron chi connectivity index (χ0n) is 12.9. The van der Waals surface area contributed by atoms with Crippen molar-refractivity contribution in [2.75, 3.05) is 0 Å². The maximum absolute atomic E-state index is 12.0. The van der Waals surface area contributed by atoms with E-state index in [4.69, 9.17) is 4.42 Å². The second-order valence-electron chi connectivity index (χ2n) is 5.18. The van der Waals surface area contributed by atoms with Crippen molar-refractivity contribution in [2.45, 2.75) is 13.5 Å². The Morgan fingerprint density at radius 3 is 3.00 bits per heavy atom. The summed E-state index contributed by atoms with van der Waals surface area (Å²) in [7, 11) is 0. The molecule has 24 heavy (non-hydrogen) atoms. The SMILES string of the molecule is Cc1ccc(C=NNC(=O)c2ccn(Cc3cccc(Br)c3)n2)o1. The molecule has 0 atom stereocenters. The van der Waals surface area contributed by atoms with E-state index in [0.717, 1.165) is 15.8 Å². The van der Waals surface area contributed by atoms with Crippen LogP contribution in [0.25, 0.3) is 0 Å². The largest absolute Gasteiger partial charge is 0.460 e. The van der Waals surface area contributed by atoms with Crippen LogP contribution in [0.15, 0.2) is 62.7 Å². The smallest absolute Gasteiger partial charge is 0.291 e. The molecule has 0 fully saturated rings. The van der Waals surface area contributed by atoms with Crippen LogP contribution in [0.3, 0.4) is 0 Å². The quantitative estimate of drug-likeness (QED) is 0.539. The monoisotopic (exact) mass is 386 g/mol. The molecule has 0 spiro atoms. The molecule has 0 saturated heterocycles. The molecule has 7 heteroatoms. The Labute approximate surface area is 147 Å². The number of halogens is 1. The van der Waals surface area contributed by atoms with Crippen molar-refractivity contribution in [1.82, 2.24) is 15.2 Å². The molecule has 1 aromatic carbocycles. The van der Waals surface area contributed by atoms with E-state index in [-0.39, 0.29) is 5.91 Å². The Morgan fingerprint density at radius 2 is 2.25 bits per heavy atom. The first-order valence-corrected chi connectivity index (χ1v) is 8.07. The van der Waals surface area contributed by atoms with Crippen LogP contribution in [-0.2, 0) is 6.54 Å². The highest BCUT2D eigenvalue weighted by atomic mass is 79.9. The lowest BCUT2D eigenvalue weighted by atomic mass is 10.2. The number of carbonyl (C=O) groups is 1. The maximum atomic E-state index is 12.0. The summed E-state index contributed by atoms with van der Waals surface area (Å²) in [5.41, 5.74) is 3.82. The van der Waals surface area contributed by atoms with Crippen LogP contribution < -0.4 is 5.43 Å². The van der Waals surface area contributed by atoms with Crippen molar-refractivity contribution < 1.29 is 9.21 Å². The molecule has 0 aliphatic rings. The van der Waals surface area contributed by atoms with Crippen molar-refractivity contribution in [3.63, 3.8) is 0 Å².